The number of hydrogen-bond donors (Lipinski definition) is 0. The molecule has 0 radical (unpaired) electrons. The zero-order chi connectivity index (χ0) is 29.6. The second kappa shape index (κ2) is 23.4. The second-order valence-corrected chi connectivity index (χ2v) is 12.5. The molecular formula is C35H68N2O2. The zero-order valence-electron chi connectivity index (χ0n) is 27.8. The number of carbonyl (C=O) groups excluding carboxylic acids is 2. The minimum atomic E-state index is 0.00778. The number of carbonyl (C=O) groups is 2. The average Bonchev–Trinajstić information content (AvgIpc) is 2.94. The molecule has 0 aliphatic heterocycles. The van der Waals surface area contributed by atoms with Crippen LogP contribution >= 0.6 is 0 Å². The number of hydrogen-bond acceptors (Lipinski definition) is 2. The molecule has 4 unspecified atom stereocenters. The Balaban J connectivity index is 5.81. The lowest BCUT2D eigenvalue weighted by Crippen LogP contribution is -2.40. The van der Waals surface area contributed by atoms with E-state index in [9.17, 15) is 9.59 Å². The van der Waals surface area contributed by atoms with E-state index in [2.05, 4.69) is 72.1 Å². The first-order valence-electron chi connectivity index (χ1n) is 17.0. The van der Waals surface area contributed by atoms with Crippen molar-refractivity contribution >= 4 is 11.8 Å². The summed E-state index contributed by atoms with van der Waals surface area (Å²) < 4.78 is 0. The maximum atomic E-state index is 13.6. The van der Waals surface area contributed by atoms with Crippen molar-refractivity contribution in [1.29, 1.82) is 0 Å². The number of amides is 2. The van der Waals surface area contributed by atoms with E-state index < -0.39 is 0 Å². The molecule has 39 heavy (non-hydrogen) atoms. The molecule has 0 aliphatic carbocycles. The normalized spacial score (nSPS) is 14.9. The van der Waals surface area contributed by atoms with E-state index in [1.807, 2.05) is 0 Å². The molecule has 0 rings (SSSR count). The molecule has 0 aromatic rings. The molecule has 0 saturated heterocycles. The van der Waals surface area contributed by atoms with E-state index in [0.717, 1.165) is 58.3 Å². The first-order valence-corrected chi connectivity index (χ1v) is 17.0. The van der Waals surface area contributed by atoms with Crippen LogP contribution in [0.25, 0.3) is 0 Å². The van der Waals surface area contributed by atoms with Crippen LogP contribution in [-0.4, -0.2) is 47.8 Å². The smallest absolute Gasteiger partial charge is 0.246 e. The highest BCUT2D eigenvalue weighted by atomic mass is 16.2. The molecule has 0 N–H and O–H groups in total. The lowest BCUT2D eigenvalue weighted by atomic mass is 9.91. The topological polar surface area (TPSA) is 40.6 Å². The Morgan fingerprint density at radius 1 is 0.538 bits per heavy atom. The maximum absolute atomic E-state index is 13.6. The molecule has 0 saturated carbocycles. The molecule has 2 amide bonds. The Kier molecular flexibility index (Phi) is 22.6. The van der Waals surface area contributed by atoms with E-state index in [-0.39, 0.29) is 11.8 Å². The third kappa shape index (κ3) is 16.5. The van der Waals surface area contributed by atoms with Gasteiger partial charge in [-0.25, -0.2) is 0 Å². The summed E-state index contributed by atoms with van der Waals surface area (Å²) in [6.45, 7) is 23.4. The molecular weight excluding hydrogens is 480 g/mol. The van der Waals surface area contributed by atoms with Crippen molar-refractivity contribution in [3.8, 4) is 0 Å². The van der Waals surface area contributed by atoms with Gasteiger partial charge in [0.25, 0.3) is 0 Å². The third-order valence-electron chi connectivity index (χ3n) is 8.98. The predicted octanol–water partition coefficient (Wildman–Crippen LogP) is 9.53. The van der Waals surface area contributed by atoms with Crippen LogP contribution in [0.4, 0.5) is 0 Å². The molecule has 0 bridgehead atoms. The SMILES string of the molecule is CCCCC(CC)CN(CC(CC)CCCC)C(=O)C=CC(=O)N(CC(CC)CCCC)CC(CC)C(C)C. The minimum absolute atomic E-state index is 0.00778. The fourth-order valence-electron chi connectivity index (χ4n) is 5.64. The van der Waals surface area contributed by atoms with Crippen molar-refractivity contribution in [2.24, 2.45) is 29.6 Å². The molecule has 0 fully saturated rings. The van der Waals surface area contributed by atoms with E-state index in [0.29, 0.717) is 29.6 Å². The van der Waals surface area contributed by atoms with Crippen LogP contribution in [0.1, 0.15) is 146 Å². The van der Waals surface area contributed by atoms with Crippen molar-refractivity contribution in [2.75, 3.05) is 26.2 Å². The van der Waals surface area contributed by atoms with Gasteiger partial charge in [0.15, 0.2) is 0 Å². The van der Waals surface area contributed by atoms with Gasteiger partial charge in [-0.05, 0) is 48.9 Å². The van der Waals surface area contributed by atoms with E-state index in [1.54, 1.807) is 12.2 Å². The highest BCUT2D eigenvalue weighted by Gasteiger charge is 2.23. The molecule has 4 nitrogen and oxygen atoms in total. The summed E-state index contributed by atoms with van der Waals surface area (Å²) in [7, 11) is 0. The first kappa shape index (κ1) is 37.7. The van der Waals surface area contributed by atoms with Crippen LogP contribution in [-0.2, 0) is 9.59 Å². The summed E-state index contributed by atoms with van der Waals surface area (Å²) in [6.07, 6.45) is 18.2. The zero-order valence-corrected chi connectivity index (χ0v) is 27.8. The molecule has 230 valence electrons. The fraction of sp³-hybridized carbons (Fsp3) is 0.886. The van der Waals surface area contributed by atoms with Gasteiger partial charge in [-0.2, -0.15) is 0 Å². The van der Waals surface area contributed by atoms with Gasteiger partial charge in [0, 0.05) is 38.3 Å². The standard InChI is InChI=1S/C35H68N2O2/c1-10-17-20-30(13-4)25-36(26-31(14-5)21-18-11-2)34(38)23-24-35(39)37(28-33(16-7)29(8)9)27-32(15-6)22-19-12-3/h23-24,29-33H,10-22,25-28H2,1-9H3. The van der Waals surface area contributed by atoms with Gasteiger partial charge in [0.2, 0.25) is 11.8 Å². The maximum Gasteiger partial charge on any atom is 0.246 e. The van der Waals surface area contributed by atoms with Crippen molar-refractivity contribution in [3.63, 3.8) is 0 Å². The summed E-state index contributed by atoms with van der Waals surface area (Å²) >= 11 is 0. The van der Waals surface area contributed by atoms with Gasteiger partial charge in [-0.3, -0.25) is 9.59 Å². The van der Waals surface area contributed by atoms with Crippen LogP contribution in [0.15, 0.2) is 12.2 Å². The highest BCUT2D eigenvalue weighted by Crippen LogP contribution is 2.22. The quantitative estimate of drug-likeness (QED) is 0.113. The molecule has 4 heteroatoms. The van der Waals surface area contributed by atoms with Gasteiger partial charge in [0.05, 0.1) is 0 Å². The summed E-state index contributed by atoms with van der Waals surface area (Å²) in [4.78, 5) is 31.3. The van der Waals surface area contributed by atoms with Crippen LogP contribution < -0.4 is 0 Å². The van der Waals surface area contributed by atoms with Gasteiger partial charge < -0.3 is 9.80 Å². The number of nitrogens with zero attached hydrogens (tertiary/aromatic N) is 2. The van der Waals surface area contributed by atoms with Crippen LogP contribution in [0.5, 0.6) is 0 Å². The van der Waals surface area contributed by atoms with Gasteiger partial charge in [-0.15, -0.1) is 0 Å². The highest BCUT2D eigenvalue weighted by molar-refractivity contribution is 5.96. The molecule has 0 heterocycles. The Labute approximate surface area is 244 Å². The molecule has 0 aromatic carbocycles. The van der Waals surface area contributed by atoms with E-state index in [4.69, 9.17) is 0 Å². The van der Waals surface area contributed by atoms with Crippen LogP contribution in [0.3, 0.4) is 0 Å². The molecule has 4 atom stereocenters. The molecule has 0 aliphatic rings. The Morgan fingerprint density at radius 3 is 1.13 bits per heavy atom. The van der Waals surface area contributed by atoms with Crippen molar-refractivity contribution in [1.82, 2.24) is 9.80 Å². The predicted molar refractivity (Wildman–Crippen MR) is 171 cm³/mol. The monoisotopic (exact) mass is 549 g/mol. The molecule has 0 aromatic heterocycles. The van der Waals surface area contributed by atoms with Crippen molar-refractivity contribution in [3.05, 3.63) is 12.2 Å². The van der Waals surface area contributed by atoms with E-state index >= 15 is 0 Å². The second-order valence-electron chi connectivity index (χ2n) is 12.5. The van der Waals surface area contributed by atoms with Crippen LogP contribution in [0.2, 0.25) is 0 Å². The number of rotatable bonds is 24. The van der Waals surface area contributed by atoms with Gasteiger partial charge >= 0.3 is 0 Å². The molecule has 0 spiro atoms. The summed E-state index contributed by atoms with van der Waals surface area (Å²) in [5.41, 5.74) is 0. The first-order chi connectivity index (χ1) is 18.7. The third-order valence-corrected chi connectivity index (χ3v) is 8.98. The summed E-state index contributed by atoms with van der Waals surface area (Å²) in [6, 6.07) is 0. The van der Waals surface area contributed by atoms with Gasteiger partial charge in [0.1, 0.15) is 0 Å². The lowest BCUT2D eigenvalue weighted by Gasteiger charge is -2.32. The minimum Gasteiger partial charge on any atom is -0.339 e. The van der Waals surface area contributed by atoms with Gasteiger partial charge in [-0.1, -0.05) is 127 Å². The van der Waals surface area contributed by atoms with Crippen molar-refractivity contribution < 1.29 is 9.59 Å². The summed E-state index contributed by atoms with van der Waals surface area (Å²) in [5, 5.41) is 0. The van der Waals surface area contributed by atoms with Crippen LogP contribution in [0, 0.1) is 29.6 Å². The fourth-order valence-corrected chi connectivity index (χ4v) is 5.64. The Bertz CT molecular complexity index is 627. The average molecular weight is 549 g/mol. The number of unbranched alkanes of at least 4 members (excludes halogenated alkanes) is 3. The van der Waals surface area contributed by atoms with Crippen molar-refractivity contribution in [2.45, 2.75) is 146 Å². The Hall–Kier alpha value is -1.32. The summed E-state index contributed by atoms with van der Waals surface area (Å²) in [5.74, 6) is 2.61. The van der Waals surface area contributed by atoms with E-state index in [1.165, 1.54) is 51.4 Å². The largest absolute Gasteiger partial charge is 0.339 e. The lowest BCUT2D eigenvalue weighted by molar-refractivity contribution is -0.130. The Morgan fingerprint density at radius 2 is 0.872 bits per heavy atom.